The van der Waals surface area contributed by atoms with E-state index in [1.807, 2.05) is 6.92 Å². The van der Waals surface area contributed by atoms with Crippen molar-refractivity contribution in [1.82, 2.24) is 4.98 Å². The van der Waals surface area contributed by atoms with Crippen molar-refractivity contribution in [1.29, 1.82) is 0 Å². The summed E-state index contributed by atoms with van der Waals surface area (Å²) in [5.74, 6) is 1.44. The Morgan fingerprint density at radius 3 is 2.26 bits per heavy atom. The molecule has 19 heavy (non-hydrogen) atoms. The third-order valence-electron chi connectivity index (χ3n) is 2.59. The maximum absolute atomic E-state index is 6.35. The van der Waals surface area contributed by atoms with Gasteiger partial charge in [-0.1, -0.05) is 22.9 Å². The number of ether oxygens (including phenoxy) is 3. The normalized spacial score (nSPS) is 10.6. The third kappa shape index (κ3) is 2.26. The van der Waals surface area contributed by atoms with Gasteiger partial charge in [0.15, 0.2) is 16.6 Å². The molecule has 1 heterocycles. The summed E-state index contributed by atoms with van der Waals surface area (Å²) in [6.07, 6.45) is 0. The molecule has 1 aromatic carbocycles. The molecule has 2 aromatic rings. The van der Waals surface area contributed by atoms with E-state index >= 15 is 0 Å². The molecule has 1 N–H and O–H groups in total. The minimum atomic E-state index is 0.454. The van der Waals surface area contributed by atoms with E-state index in [0.717, 1.165) is 16.4 Å². The summed E-state index contributed by atoms with van der Waals surface area (Å²) in [5, 5.41) is 4.43. The fourth-order valence-corrected chi connectivity index (χ4v) is 3.15. The highest BCUT2D eigenvalue weighted by Gasteiger charge is 2.24. The second-order valence-corrected chi connectivity index (χ2v) is 5.02. The third-order valence-corrected chi connectivity index (χ3v) is 4.10. The van der Waals surface area contributed by atoms with Gasteiger partial charge in [-0.05, 0) is 6.92 Å². The zero-order valence-corrected chi connectivity index (χ0v) is 12.7. The predicted molar refractivity (Wildman–Crippen MR) is 78.4 cm³/mol. The fraction of sp³-hybridized carbons (Fsp3) is 0.417. The van der Waals surface area contributed by atoms with E-state index in [0.29, 0.717) is 27.8 Å². The van der Waals surface area contributed by atoms with Gasteiger partial charge in [0, 0.05) is 6.54 Å². The van der Waals surface area contributed by atoms with Gasteiger partial charge in [0.25, 0.3) is 0 Å². The number of anilines is 1. The van der Waals surface area contributed by atoms with Crippen LogP contribution >= 0.6 is 22.9 Å². The number of fused-ring (bicyclic) bond motifs is 1. The number of rotatable bonds is 5. The van der Waals surface area contributed by atoms with Crippen LogP contribution in [0, 0.1) is 0 Å². The van der Waals surface area contributed by atoms with Crippen LogP contribution in [-0.2, 0) is 0 Å². The van der Waals surface area contributed by atoms with Crippen molar-refractivity contribution in [3.8, 4) is 17.2 Å². The molecule has 0 aliphatic carbocycles. The number of benzene rings is 1. The number of nitrogens with one attached hydrogen (secondary N) is 1. The molecule has 7 heteroatoms. The van der Waals surface area contributed by atoms with E-state index in [1.54, 1.807) is 21.3 Å². The molecular formula is C12H15ClN2O3S. The summed E-state index contributed by atoms with van der Waals surface area (Å²) in [5.41, 5.74) is 0.672. The zero-order chi connectivity index (χ0) is 14.0. The highest BCUT2D eigenvalue weighted by atomic mass is 35.5. The number of aromatic nitrogens is 1. The predicted octanol–water partition coefficient (Wildman–Crippen LogP) is 3.41. The van der Waals surface area contributed by atoms with Crippen LogP contribution in [0.1, 0.15) is 6.92 Å². The molecule has 0 spiro atoms. The van der Waals surface area contributed by atoms with Crippen molar-refractivity contribution in [3.63, 3.8) is 0 Å². The van der Waals surface area contributed by atoms with E-state index in [-0.39, 0.29) is 0 Å². The Morgan fingerprint density at radius 1 is 1.11 bits per heavy atom. The lowest BCUT2D eigenvalue weighted by Gasteiger charge is -2.13. The van der Waals surface area contributed by atoms with E-state index in [4.69, 9.17) is 25.8 Å². The summed E-state index contributed by atoms with van der Waals surface area (Å²) in [7, 11) is 4.65. The van der Waals surface area contributed by atoms with Crippen molar-refractivity contribution in [3.05, 3.63) is 5.02 Å². The summed E-state index contributed by atoms with van der Waals surface area (Å²) >= 11 is 7.81. The number of nitrogens with zero attached hydrogens (tertiary/aromatic N) is 1. The number of halogens is 1. The first-order chi connectivity index (χ1) is 9.17. The summed E-state index contributed by atoms with van der Waals surface area (Å²) < 4.78 is 16.8. The lowest BCUT2D eigenvalue weighted by atomic mass is 10.2. The SMILES string of the molecule is CCNc1nc2c(OC)c(OC)c(OC)c(Cl)c2s1. The first-order valence-electron chi connectivity index (χ1n) is 5.69. The highest BCUT2D eigenvalue weighted by Crippen LogP contribution is 2.50. The Kier molecular flexibility index (Phi) is 4.21. The van der Waals surface area contributed by atoms with Crippen LogP contribution in [0.5, 0.6) is 17.2 Å². The van der Waals surface area contributed by atoms with Crippen molar-refractivity contribution < 1.29 is 14.2 Å². The van der Waals surface area contributed by atoms with Crippen LogP contribution < -0.4 is 19.5 Å². The maximum Gasteiger partial charge on any atom is 0.207 e. The quantitative estimate of drug-likeness (QED) is 0.917. The average molecular weight is 303 g/mol. The summed E-state index contributed by atoms with van der Waals surface area (Å²) in [6.45, 7) is 2.79. The van der Waals surface area contributed by atoms with Gasteiger partial charge in [-0.3, -0.25) is 0 Å². The Hall–Kier alpha value is -1.40. The minimum absolute atomic E-state index is 0.454. The zero-order valence-electron chi connectivity index (χ0n) is 11.2. The molecule has 0 aliphatic rings. The van der Waals surface area contributed by atoms with Crippen molar-refractivity contribution in [2.45, 2.75) is 6.92 Å². The Balaban J connectivity index is 2.79. The van der Waals surface area contributed by atoms with Crippen LogP contribution in [0.4, 0.5) is 5.13 Å². The first-order valence-corrected chi connectivity index (χ1v) is 6.89. The second-order valence-electron chi connectivity index (χ2n) is 3.64. The van der Waals surface area contributed by atoms with Gasteiger partial charge >= 0.3 is 0 Å². The molecule has 5 nitrogen and oxygen atoms in total. The topological polar surface area (TPSA) is 52.6 Å². The molecule has 0 bridgehead atoms. The number of methoxy groups -OCH3 is 3. The van der Waals surface area contributed by atoms with Crippen molar-refractivity contribution >= 4 is 38.3 Å². The minimum Gasteiger partial charge on any atom is -0.491 e. The van der Waals surface area contributed by atoms with E-state index in [2.05, 4.69) is 10.3 Å². The average Bonchev–Trinajstić information content (AvgIpc) is 2.82. The van der Waals surface area contributed by atoms with Crippen LogP contribution in [0.2, 0.25) is 5.02 Å². The molecule has 0 atom stereocenters. The van der Waals surface area contributed by atoms with E-state index in [1.165, 1.54) is 11.3 Å². The van der Waals surface area contributed by atoms with Crippen molar-refractivity contribution in [2.24, 2.45) is 0 Å². The Morgan fingerprint density at radius 2 is 1.74 bits per heavy atom. The van der Waals surface area contributed by atoms with Gasteiger partial charge in [0.05, 0.1) is 26.0 Å². The van der Waals surface area contributed by atoms with Crippen LogP contribution in [0.3, 0.4) is 0 Å². The molecule has 1 aromatic heterocycles. The second kappa shape index (κ2) is 5.71. The largest absolute Gasteiger partial charge is 0.491 e. The number of hydrogen-bond acceptors (Lipinski definition) is 6. The highest BCUT2D eigenvalue weighted by molar-refractivity contribution is 7.22. The van der Waals surface area contributed by atoms with E-state index < -0.39 is 0 Å². The molecule has 0 unspecified atom stereocenters. The monoisotopic (exact) mass is 302 g/mol. The molecule has 0 aliphatic heterocycles. The fourth-order valence-electron chi connectivity index (χ4n) is 1.82. The lowest BCUT2D eigenvalue weighted by molar-refractivity contribution is 0.327. The maximum atomic E-state index is 6.35. The van der Waals surface area contributed by atoms with Crippen LogP contribution in [0.15, 0.2) is 0 Å². The van der Waals surface area contributed by atoms with Crippen LogP contribution in [0.25, 0.3) is 10.2 Å². The van der Waals surface area contributed by atoms with Gasteiger partial charge in [-0.2, -0.15) is 0 Å². The molecular weight excluding hydrogens is 288 g/mol. The van der Waals surface area contributed by atoms with E-state index in [9.17, 15) is 0 Å². The molecule has 0 radical (unpaired) electrons. The van der Waals surface area contributed by atoms with Gasteiger partial charge in [-0.25, -0.2) is 4.98 Å². The smallest absolute Gasteiger partial charge is 0.207 e. The number of hydrogen-bond donors (Lipinski definition) is 1. The molecule has 0 saturated carbocycles. The molecule has 104 valence electrons. The summed E-state index contributed by atoms with van der Waals surface area (Å²) in [4.78, 5) is 4.48. The molecule has 2 rings (SSSR count). The van der Waals surface area contributed by atoms with Gasteiger partial charge in [-0.15, -0.1) is 0 Å². The number of thiazole rings is 1. The standard InChI is InChI=1S/C12H15ClN2O3S/c1-5-14-12-15-7-9(17-3)10(18-4)8(16-2)6(13)11(7)19-12/h5H2,1-4H3,(H,14,15). The molecule has 0 saturated heterocycles. The molecule has 0 amide bonds. The van der Waals surface area contributed by atoms with Crippen LogP contribution in [-0.4, -0.2) is 32.9 Å². The molecule has 0 fully saturated rings. The summed E-state index contributed by atoms with van der Waals surface area (Å²) in [6, 6.07) is 0. The first kappa shape index (κ1) is 14.0. The Bertz CT molecular complexity index is 600. The van der Waals surface area contributed by atoms with Gasteiger partial charge in [0.2, 0.25) is 5.75 Å². The lowest BCUT2D eigenvalue weighted by Crippen LogP contribution is -1.97. The van der Waals surface area contributed by atoms with Gasteiger partial charge < -0.3 is 19.5 Å². The van der Waals surface area contributed by atoms with Crippen molar-refractivity contribution in [2.75, 3.05) is 33.2 Å². The Labute approximate surface area is 120 Å². The van der Waals surface area contributed by atoms with Gasteiger partial charge in [0.1, 0.15) is 10.5 Å².